The van der Waals surface area contributed by atoms with Crippen LogP contribution >= 0.6 is 11.6 Å². The molecule has 1 aliphatic carbocycles. The molecular formula is C8H12ClNO2. The Kier molecular flexibility index (Phi) is 4.08. The number of hydrogen-bond donors (Lipinski definition) is 0. The molecule has 3 nitrogen and oxygen atoms in total. The molecule has 12 heavy (non-hydrogen) atoms. The molecule has 0 aromatic carbocycles. The molecule has 1 rings (SSSR count). The van der Waals surface area contributed by atoms with Crippen LogP contribution in [0.15, 0.2) is 5.16 Å². The number of carbonyl (C=O) groups is 1. The fourth-order valence-corrected chi connectivity index (χ4v) is 1.24. The molecule has 0 atom stereocenters. The fraction of sp³-hybridized carbons (Fsp3) is 0.750. The molecule has 0 N–H and O–H groups in total. The zero-order chi connectivity index (χ0) is 8.81. The maximum Gasteiger partial charge on any atom is 0.349 e. The van der Waals surface area contributed by atoms with Crippen LogP contribution in [0.5, 0.6) is 0 Å². The first-order chi connectivity index (χ1) is 5.83. The summed E-state index contributed by atoms with van der Waals surface area (Å²) in [5.41, 5.74) is 0.986. The van der Waals surface area contributed by atoms with E-state index >= 15 is 0 Å². The number of carbonyl (C=O) groups excluding carboxylic acids is 1. The second-order valence-corrected chi connectivity index (χ2v) is 3.08. The maximum atomic E-state index is 10.6. The summed E-state index contributed by atoms with van der Waals surface area (Å²) in [5.74, 6) is -0.605. The highest BCUT2D eigenvalue weighted by atomic mass is 35.5. The molecule has 0 amide bonds. The smallest absolute Gasteiger partial charge is 0.317 e. The van der Waals surface area contributed by atoms with Crippen LogP contribution in [0.3, 0.4) is 0 Å². The van der Waals surface area contributed by atoms with Crippen LogP contribution in [0, 0.1) is 0 Å². The topological polar surface area (TPSA) is 38.7 Å². The van der Waals surface area contributed by atoms with E-state index in [-0.39, 0.29) is 5.88 Å². The van der Waals surface area contributed by atoms with Gasteiger partial charge >= 0.3 is 5.97 Å². The molecule has 0 saturated heterocycles. The lowest BCUT2D eigenvalue weighted by atomic mass is 9.99. The Morgan fingerprint density at radius 1 is 1.42 bits per heavy atom. The molecule has 0 spiro atoms. The van der Waals surface area contributed by atoms with Crippen LogP contribution < -0.4 is 0 Å². The number of alkyl halides is 1. The molecule has 0 aromatic heterocycles. The number of halogens is 1. The van der Waals surface area contributed by atoms with Crippen molar-refractivity contribution in [2.75, 3.05) is 5.88 Å². The van der Waals surface area contributed by atoms with E-state index in [0.29, 0.717) is 0 Å². The Morgan fingerprint density at radius 2 is 2.08 bits per heavy atom. The van der Waals surface area contributed by atoms with Crippen LogP contribution in [0.2, 0.25) is 0 Å². The molecule has 1 aliphatic rings. The summed E-state index contributed by atoms with van der Waals surface area (Å²) in [5, 5.41) is 3.74. The Balaban J connectivity index is 2.29. The first kappa shape index (κ1) is 9.52. The molecule has 68 valence electrons. The van der Waals surface area contributed by atoms with Crippen molar-refractivity contribution in [1.82, 2.24) is 0 Å². The highest BCUT2D eigenvalue weighted by Crippen LogP contribution is 2.14. The van der Waals surface area contributed by atoms with Gasteiger partial charge in [-0.1, -0.05) is 11.6 Å². The van der Waals surface area contributed by atoms with E-state index in [0.717, 1.165) is 31.4 Å². The Hall–Kier alpha value is -0.570. The van der Waals surface area contributed by atoms with E-state index in [4.69, 9.17) is 11.6 Å². The lowest BCUT2D eigenvalue weighted by Crippen LogP contribution is -2.08. The van der Waals surface area contributed by atoms with Crippen molar-refractivity contribution in [3.8, 4) is 0 Å². The molecule has 0 radical (unpaired) electrons. The third-order valence-electron chi connectivity index (χ3n) is 1.82. The SMILES string of the molecule is O=C(CCl)ON=C1CCCCC1. The van der Waals surface area contributed by atoms with Crippen molar-refractivity contribution in [3.05, 3.63) is 0 Å². The summed E-state index contributed by atoms with van der Waals surface area (Å²) in [4.78, 5) is 15.1. The summed E-state index contributed by atoms with van der Waals surface area (Å²) in [6.45, 7) is 0. The van der Waals surface area contributed by atoms with Gasteiger partial charge in [-0.25, -0.2) is 4.79 Å². The van der Waals surface area contributed by atoms with Crippen LogP contribution in [0.1, 0.15) is 32.1 Å². The quantitative estimate of drug-likeness (QED) is 0.379. The monoisotopic (exact) mass is 189 g/mol. The zero-order valence-corrected chi connectivity index (χ0v) is 7.64. The molecule has 1 fully saturated rings. The average Bonchev–Trinajstić information content (AvgIpc) is 2.16. The number of nitrogens with zero attached hydrogens (tertiary/aromatic N) is 1. The van der Waals surface area contributed by atoms with Crippen molar-refractivity contribution >= 4 is 23.3 Å². The number of oxime groups is 1. The molecule has 0 bridgehead atoms. The maximum absolute atomic E-state index is 10.6. The van der Waals surface area contributed by atoms with Gasteiger partial charge in [-0.2, -0.15) is 0 Å². The molecule has 0 unspecified atom stereocenters. The normalized spacial score (nSPS) is 17.2. The molecule has 0 aromatic rings. The predicted molar refractivity (Wildman–Crippen MR) is 47.3 cm³/mol. The molecule has 1 saturated carbocycles. The van der Waals surface area contributed by atoms with Crippen molar-refractivity contribution < 1.29 is 9.63 Å². The van der Waals surface area contributed by atoms with Crippen LogP contribution in [0.4, 0.5) is 0 Å². The van der Waals surface area contributed by atoms with Gasteiger partial charge in [-0.05, 0) is 25.7 Å². The van der Waals surface area contributed by atoms with Gasteiger partial charge in [0.1, 0.15) is 5.88 Å². The van der Waals surface area contributed by atoms with Gasteiger partial charge < -0.3 is 4.84 Å². The van der Waals surface area contributed by atoms with E-state index < -0.39 is 5.97 Å². The standard InChI is InChI=1S/C8H12ClNO2/c9-6-8(11)12-10-7-4-2-1-3-5-7/h1-6H2. The van der Waals surface area contributed by atoms with E-state index in [1.807, 2.05) is 0 Å². The van der Waals surface area contributed by atoms with Crippen molar-refractivity contribution in [2.24, 2.45) is 5.16 Å². The second kappa shape index (κ2) is 5.14. The predicted octanol–water partition coefficient (Wildman–Crippen LogP) is 2.09. The van der Waals surface area contributed by atoms with E-state index in [1.165, 1.54) is 6.42 Å². The van der Waals surface area contributed by atoms with Crippen molar-refractivity contribution in [1.29, 1.82) is 0 Å². The zero-order valence-electron chi connectivity index (χ0n) is 6.88. The largest absolute Gasteiger partial charge is 0.349 e. The van der Waals surface area contributed by atoms with E-state index in [2.05, 4.69) is 9.99 Å². The lowest BCUT2D eigenvalue weighted by Gasteiger charge is -2.10. The minimum absolute atomic E-state index is 0.128. The summed E-state index contributed by atoms with van der Waals surface area (Å²) in [6.07, 6.45) is 5.46. The minimum atomic E-state index is -0.477. The van der Waals surface area contributed by atoms with Gasteiger partial charge in [-0.3, -0.25) is 0 Å². The van der Waals surface area contributed by atoms with Crippen LogP contribution in [-0.4, -0.2) is 17.6 Å². The van der Waals surface area contributed by atoms with Crippen LogP contribution in [0.25, 0.3) is 0 Å². The lowest BCUT2D eigenvalue weighted by molar-refractivity contribution is -0.140. The molecule has 0 heterocycles. The fourth-order valence-electron chi connectivity index (χ4n) is 1.19. The number of rotatable bonds is 2. The summed E-state index contributed by atoms with van der Waals surface area (Å²) < 4.78 is 0. The van der Waals surface area contributed by atoms with Crippen molar-refractivity contribution in [2.45, 2.75) is 32.1 Å². The second-order valence-electron chi connectivity index (χ2n) is 2.82. The molecular weight excluding hydrogens is 178 g/mol. The minimum Gasteiger partial charge on any atom is -0.317 e. The Morgan fingerprint density at radius 3 is 2.67 bits per heavy atom. The highest BCUT2D eigenvalue weighted by molar-refractivity contribution is 6.26. The summed E-state index contributed by atoms with van der Waals surface area (Å²) in [7, 11) is 0. The average molecular weight is 190 g/mol. The van der Waals surface area contributed by atoms with Gasteiger partial charge in [0.25, 0.3) is 0 Å². The van der Waals surface area contributed by atoms with Gasteiger partial charge in [0.15, 0.2) is 0 Å². The third kappa shape index (κ3) is 3.22. The van der Waals surface area contributed by atoms with Gasteiger partial charge in [0, 0.05) is 0 Å². The number of hydrogen-bond acceptors (Lipinski definition) is 3. The van der Waals surface area contributed by atoms with E-state index in [1.54, 1.807) is 0 Å². The first-order valence-corrected chi connectivity index (χ1v) is 4.68. The third-order valence-corrected chi connectivity index (χ3v) is 2.03. The van der Waals surface area contributed by atoms with Crippen LogP contribution in [-0.2, 0) is 9.63 Å². The van der Waals surface area contributed by atoms with Crippen molar-refractivity contribution in [3.63, 3.8) is 0 Å². The van der Waals surface area contributed by atoms with Gasteiger partial charge in [-0.15, -0.1) is 11.6 Å². The van der Waals surface area contributed by atoms with Gasteiger partial charge in [0.2, 0.25) is 0 Å². The Bertz CT molecular complexity index is 183. The highest BCUT2D eigenvalue weighted by Gasteiger charge is 2.08. The summed E-state index contributed by atoms with van der Waals surface area (Å²) >= 11 is 5.23. The molecule has 4 heteroatoms. The van der Waals surface area contributed by atoms with E-state index in [9.17, 15) is 4.79 Å². The Labute approximate surface area is 76.7 Å². The molecule has 0 aliphatic heterocycles. The summed E-state index contributed by atoms with van der Waals surface area (Å²) in [6, 6.07) is 0. The first-order valence-electron chi connectivity index (χ1n) is 4.14. The van der Waals surface area contributed by atoms with Gasteiger partial charge in [0.05, 0.1) is 5.71 Å².